The van der Waals surface area contributed by atoms with Gasteiger partial charge in [0.15, 0.2) is 6.04 Å². The van der Waals surface area contributed by atoms with Gasteiger partial charge in [0, 0.05) is 0 Å². The van der Waals surface area contributed by atoms with Crippen LogP contribution in [0.25, 0.3) is 0 Å². The fourth-order valence-corrected chi connectivity index (χ4v) is 2.58. The minimum atomic E-state index is -4.48. The highest BCUT2D eigenvalue weighted by molar-refractivity contribution is 5.73. The molecule has 2 atom stereocenters. The van der Waals surface area contributed by atoms with Crippen molar-refractivity contribution in [2.45, 2.75) is 24.9 Å². The van der Waals surface area contributed by atoms with Crippen molar-refractivity contribution in [3.05, 3.63) is 71.8 Å². The smallest absolute Gasteiger partial charge is 0.411 e. The van der Waals surface area contributed by atoms with Crippen LogP contribution in [0.2, 0.25) is 0 Å². The van der Waals surface area contributed by atoms with Crippen LogP contribution in [0.1, 0.15) is 17.2 Å². The molecule has 0 saturated carbocycles. The lowest BCUT2D eigenvalue weighted by molar-refractivity contribution is -0.136. The van der Waals surface area contributed by atoms with Gasteiger partial charge in [-0.3, -0.25) is 4.90 Å². The van der Waals surface area contributed by atoms with Crippen molar-refractivity contribution in [2.75, 3.05) is 0 Å². The monoisotopic (exact) mass is 321 g/mol. The molecular formula is C17H14F3NO2. The van der Waals surface area contributed by atoms with Gasteiger partial charge in [-0.2, -0.15) is 13.2 Å². The van der Waals surface area contributed by atoms with Gasteiger partial charge in [0.05, 0.1) is 6.04 Å². The summed E-state index contributed by atoms with van der Waals surface area (Å²) in [5, 5.41) is 0. The molecule has 0 N–H and O–H groups in total. The third-order valence-electron chi connectivity index (χ3n) is 3.70. The number of benzene rings is 2. The zero-order valence-corrected chi connectivity index (χ0v) is 12.0. The molecule has 1 saturated heterocycles. The second-order valence-electron chi connectivity index (χ2n) is 5.29. The summed E-state index contributed by atoms with van der Waals surface area (Å²) in [6.45, 7) is -0.0533. The first-order valence-corrected chi connectivity index (χ1v) is 7.09. The molecule has 1 amide bonds. The maximum absolute atomic E-state index is 13.1. The summed E-state index contributed by atoms with van der Waals surface area (Å²) in [6, 6.07) is 14.2. The van der Waals surface area contributed by atoms with Crippen molar-refractivity contribution >= 4 is 6.09 Å². The van der Waals surface area contributed by atoms with Gasteiger partial charge >= 0.3 is 12.3 Å². The summed E-state index contributed by atoms with van der Waals surface area (Å²) in [5.41, 5.74) is 1.18. The summed E-state index contributed by atoms with van der Waals surface area (Å²) in [6.07, 6.45) is -5.43. The van der Waals surface area contributed by atoms with Crippen molar-refractivity contribution in [1.29, 1.82) is 0 Å². The van der Waals surface area contributed by atoms with E-state index in [2.05, 4.69) is 0 Å². The fourth-order valence-electron chi connectivity index (χ4n) is 2.58. The Labute approximate surface area is 131 Å². The minimum absolute atomic E-state index is 0.0533. The van der Waals surface area contributed by atoms with Gasteiger partial charge in [-0.1, -0.05) is 60.7 Å². The maximum atomic E-state index is 13.1. The zero-order valence-electron chi connectivity index (χ0n) is 12.0. The normalized spacial score (nSPS) is 20.2. The first-order chi connectivity index (χ1) is 11.0. The molecule has 1 fully saturated rings. The Morgan fingerprint density at radius 3 is 2.13 bits per heavy atom. The first-order valence-electron chi connectivity index (χ1n) is 7.09. The number of hydrogen-bond acceptors (Lipinski definition) is 2. The molecule has 120 valence electrons. The Balaban J connectivity index is 1.71. The SMILES string of the molecule is O=C(OCc1ccccc1)N1[C@@H](c2ccccc2)[C@@H]1C(F)(F)F. The van der Waals surface area contributed by atoms with Gasteiger partial charge in [-0.25, -0.2) is 4.79 Å². The van der Waals surface area contributed by atoms with Crippen molar-refractivity contribution in [3.8, 4) is 0 Å². The Morgan fingerprint density at radius 2 is 1.57 bits per heavy atom. The van der Waals surface area contributed by atoms with Crippen LogP contribution in [0.15, 0.2) is 60.7 Å². The van der Waals surface area contributed by atoms with Gasteiger partial charge in [-0.05, 0) is 11.1 Å². The van der Waals surface area contributed by atoms with E-state index in [1.54, 1.807) is 60.7 Å². The molecular weight excluding hydrogens is 307 g/mol. The number of carbonyl (C=O) groups excluding carboxylic acids is 1. The lowest BCUT2D eigenvalue weighted by Crippen LogP contribution is -2.25. The van der Waals surface area contributed by atoms with Crippen LogP contribution >= 0.6 is 0 Å². The molecule has 0 spiro atoms. The Hall–Kier alpha value is -2.50. The number of alkyl halides is 3. The molecule has 0 aromatic heterocycles. The van der Waals surface area contributed by atoms with E-state index in [-0.39, 0.29) is 6.61 Å². The van der Waals surface area contributed by atoms with E-state index in [1.165, 1.54) is 0 Å². The van der Waals surface area contributed by atoms with Crippen molar-refractivity contribution < 1.29 is 22.7 Å². The maximum Gasteiger partial charge on any atom is 0.411 e. The minimum Gasteiger partial charge on any atom is -0.445 e. The number of amides is 1. The van der Waals surface area contributed by atoms with E-state index in [4.69, 9.17) is 4.74 Å². The number of nitrogens with zero attached hydrogens (tertiary/aromatic N) is 1. The molecule has 0 bridgehead atoms. The lowest BCUT2D eigenvalue weighted by atomic mass is 10.1. The molecule has 1 heterocycles. The van der Waals surface area contributed by atoms with Crippen molar-refractivity contribution in [2.24, 2.45) is 0 Å². The summed E-state index contributed by atoms with van der Waals surface area (Å²) in [7, 11) is 0. The van der Waals surface area contributed by atoms with Crippen LogP contribution in [0.5, 0.6) is 0 Å². The number of hydrogen-bond donors (Lipinski definition) is 0. The Kier molecular flexibility index (Phi) is 3.98. The molecule has 6 heteroatoms. The van der Waals surface area contributed by atoms with Gasteiger partial charge in [0.1, 0.15) is 6.61 Å². The summed E-state index contributed by atoms with van der Waals surface area (Å²) in [4.78, 5) is 12.8. The highest BCUT2D eigenvalue weighted by Crippen LogP contribution is 2.51. The highest BCUT2D eigenvalue weighted by Gasteiger charge is 2.66. The van der Waals surface area contributed by atoms with Gasteiger partial charge < -0.3 is 4.74 Å². The zero-order chi connectivity index (χ0) is 16.4. The van der Waals surface area contributed by atoms with E-state index in [0.29, 0.717) is 5.56 Å². The first kappa shape index (κ1) is 15.4. The summed E-state index contributed by atoms with van der Waals surface area (Å²) < 4.78 is 44.3. The van der Waals surface area contributed by atoms with Crippen LogP contribution < -0.4 is 0 Å². The van der Waals surface area contributed by atoms with Crippen LogP contribution in [-0.2, 0) is 11.3 Å². The van der Waals surface area contributed by atoms with Gasteiger partial charge in [0.2, 0.25) is 0 Å². The van der Waals surface area contributed by atoms with Crippen LogP contribution in [0.4, 0.5) is 18.0 Å². The molecule has 1 aliphatic heterocycles. The predicted octanol–water partition coefficient (Wildman–Crippen LogP) is 4.31. The lowest BCUT2D eigenvalue weighted by Gasteiger charge is -2.08. The number of carbonyl (C=O) groups is 1. The highest BCUT2D eigenvalue weighted by atomic mass is 19.4. The predicted molar refractivity (Wildman–Crippen MR) is 77.5 cm³/mol. The third kappa shape index (κ3) is 3.31. The number of ether oxygens (including phenoxy) is 1. The average molecular weight is 321 g/mol. The molecule has 2 aromatic carbocycles. The molecule has 0 aliphatic carbocycles. The molecule has 3 nitrogen and oxygen atoms in total. The number of halogens is 3. The summed E-state index contributed by atoms with van der Waals surface area (Å²) in [5.74, 6) is 0. The molecule has 2 aromatic rings. The van der Waals surface area contributed by atoms with Crippen molar-refractivity contribution in [1.82, 2.24) is 4.90 Å². The van der Waals surface area contributed by atoms with E-state index in [0.717, 1.165) is 10.5 Å². The van der Waals surface area contributed by atoms with Gasteiger partial charge in [0.25, 0.3) is 0 Å². The second kappa shape index (κ2) is 5.95. The molecule has 23 heavy (non-hydrogen) atoms. The second-order valence-corrected chi connectivity index (χ2v) is 5.29. The van der Waals surface area contributed by atoms with Crippen LogP contribution in [-0.4, -0.2) is 23.2 Å². The molecule has 0 unspecified atom stereocenters. The van der Waals surface area contributed by atoms with Crippen LogP contribution in [0, 0.1) is 0 Å². The number of rotatable bonds is 3. The Bertz CT molecular complexity index is 673. The fraction of sp³-hybridized carbons (Fsp3) is 0.235. The van der Waals surface area contributed by atoms with E-state index in [1.807, 2.05) is 0 Å². The molecule has 0 radical (unpaired) electrons. The quantitative estimate of drug-likeness (QED) is 0.788. The van der Waals surface area contributed by atoms with Crippen molar-refractivity contribution in [3.63, 3.8) is 0 Å². The topological polar surface area (TPSA) is 29.3 Å². The van der Waals surface area contributed by atoms with E-state index in [9.17, 15) is 18.0 Å². The Morgan fingerprint density at radius 1 is 1.00 bits per heavy atom. The van der Waals surface area contributed by atoms with E-state index >= 15 is 0 Å². The average Bonchev–Trinajstić information content (AvgIpc) is 3.30. The van der Waals surface area contributed by atoms with Crippen LogP contribution in [0.3, 0.4) is 0 Å². The third-order valence-corrected chi connectivity index (χ3v) is 3.70. The molecule has 1 aliphatic rings. The van der Waals surface area contributed by atoms with E-state index < -0.39 is 24.4 Å². The largest absolute Gasteiger partial charge is 0.445 e. The van der Waals surface area contributed by atoms with Gasteiger partial charge in [-0.15, -0.1) is 0 Å². The molecule has 3 rings (SSSR count). The summed E-state index contributed by atoms with van der Waals surface area (Å²) >= 11 is 0. The standard InChI is InChI=1S/C17H14F3NO2/c18-17(19,20)15-14(13-9-5-2-6-10-13)21(15)16(22)23-11-12-7-3-1-4-8-12/h1-10,14-15H,11H2/t14-,15+,21?/m0/s1.